The minimum absolute atomic E-state index is 0.0302. The van der Waals surface area contributed by atoms with Crippen LogP contribution in [0, 0.1) is 0 Å². The van der Waals surface area contributed by atoms with Crippen molar-refractivity contribution in [3.8, 4) is 11.3 Å². The van der Waals surface area contributed by atoms with Crippen molar-refractivity contribution >= 4 is 11.4 Å². The fourth-order valence-electron chi connectivity index (χ4n) is 4.36. The van der Waals surface area contributed by atoms with Gasteiger partial charge in [-0.1, -0.05) is 56.0 Å². The molecule has 2 heterocycles. The van der Waals surface area contributed by atoms with E-state index in [9.17, 15) is 14.7 Å². The molecule has 0 bridgehead atoms. The van der Waals surface area contributed by atoms with Gasteiger partial charge in [0.2, 0.25) is 0 Å². The van der Waals surface area contributed by atoms with Crippen LogP contribution in [0.2, 0.25) is 0 Å². The summed E-state index contributed by atoms with van der Waals surface area (Å²) in [5.74, 6) is -0.216. The largest absolute Gasteiger partial charge is 0.396 e. The molecule has 0 radical (unpaired) electrons. The van der Waals surface area contributed by atoms with E-state index < -0.39 is 0 Å². The van der Waals surface area contributed by atoms with E-state index >= 15 is 0 Å². The average molecular weight is 408 g/mol. The van der Waals surface area contributed by atoms with E-state index in [1.165, 1.54) is 17.4 Å². The Morgan fingerprint density at radius 1 is 1.03 bits per heavy atom. The highest BCUT2D eigenvalue weighted by molar-refractivity contribution is 5.93. The molecule has 1 amide bonds. The van der Waals surface area contributed by atoms with Crippen LogP contribution in [-0.4, -0.2) is 32.6 Å². The SMILES string of the molecule is O=C(NC1CCCCCC1)c1cn2c(-c3ccccc3)ccc2c(=O)n1CCCO. The summed E-state index contributed by atoms with van der Waals surface area (Å²) in [5.41, 5.74) is 2.52. The fraction of sp³-hybridized carbons (Fsp3) is 0.417. The highest BCUT2D eigenvalue weighted by Gasteiger charge is 2.21. The highest BCUT2D eigenvalue weighted by atomic mass is 16.3. The van der Waals surface area contributed by atoms with Gasteiger partial charge in [0.25, 0.3) is 11.5 Å². The van der Waals surface area contributed by atoms with Crippen LogP contribution in [0.4, 0.5) is 0 Å². The molecule has 3 aromatic rings. The molecule has 0 aliphatic heterocycles. The molecule has 6 nitrogen and oxygen atoms in total. The average Bonchev–Trinajstić information content (AvgIpc) is 3.03. The first-order valence-electron chi connectivity index (χ1n) is 10.9. The molecule has 1 aromatic carbocycles. The summed E-state index contributed by atoms with van der Waals surface area (Å²) in [6.07, 6.45) is 8.82. The lowest BCUT2D eigenvalue weighted by Gasteiger charge is -2.19. The standard InChI is InChI=1S/C24H29N3O3/c28-16-8-15-26-22(23(29)25-19-11-6-1-2-7-12-19)17-27-20(13-14-21(27)24(26)30)18-9-4-3-5-10-18/h3-5,9-10,13-14,17,19,28H,1-2,6-8,11-12,15-16H2,(H,25,29). The second-order valence-electron chi connectivity index (χ2n) is 8.05. The quantitative estimate of drug-likeness (QED) is 0.613. The Morgan fingerprint density at radius 3 is 2.47 bits per heavy atom. The van der Waals surface area contributed by atoms with E-state index in [4.69, 9.17) is 0 Å². The summed E-state index contributed by atoms with van der Waals surface area (Å²) in [7, 11) is 0. The summed E-state index contributed by atoms with van der Waals surface area (Å²) in [5, 5.41) is 12.4. The van der Waals surface area contributed by atoms with Gasteiger partial charge in [-0.25, -0.2) is 0 Å². The molecule has 4 rings (SSSR count). The number of carbonyl (C=O) groups is 1. The number of benzene rings is 1. The number of hydrogen-bond donors (Lipinski definition) is 2. The molecule has 2 aromatic heterocycles. The van der Waals surface area contributed by atoms with Crippen LogP contribution in [0.3, 0.4) is 0 Å². The molecule has 1 fully saturated rings. The topological polar surface area (TPSA) is 75.7 Å². The monoisotopic (exact) mass is 407 g/mol. The lowest BCUT2D eigenvalue weighted by molar-refractivity contribution is 0.0921. The molecule has 158 valence electrons. The maximum Gasteiger partial charge on any atom is 0.275 e. The van der Waals surface area contributed by atoms with E-state index in [-0.39, 0.29) is 24.1 Å². The third kappa shape index (κ3) is 4.19. The number of nitrogens with zero attached hydrogens (tertiary/aromatic N) is 2. The van der Waals surface area contributed by atoms with Gasteiger partial charge in [0.05, 0.1) is 5.69 Å². The predicted octanol–water partition coefficient (Wildman–Crippen LogP) is 3.60. The maximum atomic E-state index is 13.2. The Hall–Kier alpha value is -2.86. The first-order chi connectivity index (χ1) is 14.7. The van der Waals surface area contributed by atoms with Crippen molar-refractivity contribution in [3.05, 3.63) is 64.7 Å². The normalized spacial score (nSPS) is 15.2. The zero-order valence-electron chi connectivity index (χ0n) is 17.2. The number of amides is 1. The van der Waals surface area contributed by atoms with Crippen molar-refractivity contribution in [3.63, 3.8) is 0 Å². The van der Waals surface area contributed by atoms with Crippen LogP contribution in [0.1, 0.15) is 55.4 Å². The maximum absolute atomic E-state index is 13.2. The van der Waals surface area contributed by atoms with E-state index in [0.29, 0.717) is 24.2 Å². The third-order valence-corrected chi connectivity index (χ3v) is 5.96. The number of nitrogens with one attached hydrogen (secondary N) is 1. The number of fused-ring (bicyclic) bond motifs is 1. The number of aliphatic hydroxyl groups is 1. The van der Waals surface area contributed by atoms with Crippen molar-refractivity contribution in [1.29, 1.82) is 0 Å². The number of aliphatic hydroxyl groups excluding tert-OH is 1. The van der Waals surface area contributed by atoms with Crippen molar-refractivity contribution in [2.24, 2.45) is 0 Å². The van der Waals surface area contributed by atoms with Gasteiger partial charge < -0.3 is 19.4 Å². The van der Waals surface area contributed by atoms with Crippen LogP contribution in [0.25, 0.3) is 16.8 Å². The highest BCUT2D eigenvalue weighted by Crippen LogP contribution is 2.22. The third-order valence-electron chi connectivity index (χ3n) is 5.96. The summed E-state index contributed by atoms with van der Waals surface area (Å²) in [6.45, 7) is 0.280. The molecule has 0 spiro atoms. The molecule has 0 atom stereocenters. The Morgan fingerprint density at radius 2 is 1.77 bits per heavy atom. The van der Waals surface area contributed by atoms with Crippen LogP contribution < -0.4 is 10.9 Å². The van der Waals surface area contributed by atoms with Crippen LogP contribution in [0.15, 0.2) is 53.5 Å². The number of rotatable bonds is 6. The molecule has 1 saturated carbocycles. The second kappa shape index (κ2) is 9.30. The fourth-order valence-corrected chi connectivity index (χ4v) is 4.36. The van der Waals surface area contributed by atoms with Crippen molar-refractivity contribution in [2.45, 2.75) is 57.5 Å². The number of aromatic nitrogens is 2. The van der Waals surface area contributed by atoms with Crippen molar-refractivity contribution in [2.75, 3.05) is 6.61 Å². The van der Waals surface area contributed by atoms with E-state index in [2.05, 4.69) is 5.32 Å². The summed E-state index contributed by atoms with van der Waals surface area (Å²) in [6, 6.07) is 13.7. The van der Waals surface area contributed by atoms with Crippen LogP contribution in [0.5, 0.6) is 0 Å². The van der Waals surface area contributed by atoms with Gasteiger partial charge in [-0.05, 0) is 37.0 Å². The number of carbonyl (C=O) groups excluding carboxylic acids is 1. The van der Waals surface area contributed by atoms with Crippen LogP contribution in [-0.2, 0) is 6.54 Å². The first kappa shape index (κ1) is 20.4. The van der Waals surface area contributed by atoms with E-state index in [0.717, 1.165) is 36.9 Å². The number of hydrogen-bond acceptors (Lipinski definition) is 3. The molecule has 0 unspecified atom stereocenters. The van der Waals surface area contributed by atoms with Crippen LogP contribution >= 0.6 is 0 Å². The zero-order chi connectivity index (χ0) is 20.9. The first-order valence-corrected chi connectivity index (χ1v) is 10.9. The van der Waals surface area contributed by atoms with Gasteiger partial charge in [-0.2, -0.15) is 0 Å². The lowest BCUT2D eigenvalue weighted by atomic mass is 10.1. The van der Waals surface area contributed by atoms with Gasteiger partial charge >= 0.3 is 0 Å². The minimum Gasteiger partial charge on any atom is -0.396 e. The van der Waals surface area contributed by atoms with E-state index in [1.54, 1.807) is 12.3 Å². The molecule has 30 heavy (non-hydrogen) atoms. The van der Waals surface area contributed by atoms with Gasteiger partial charge in [0.1, 0.15) is 11.2 Å². The summed E-state index contributed by atoms with van der Waals surface area (Å²) in [4.78, 5) is 26.5. The lowest BCUT2D eigenvalue weighted by Crippen LogP contribution is -2.39. The van der Waals surface area contributed by atoms with Gasteiger partial charge in [-0.3, -0.25) is 9.59 Å². The molecule has 6 heteroatoms. The van der Waals surface area contributed by atoms with Gasteiger partial charge in [0.15, 0.2) is 0 Å². The molecule has 1 aliphatic rings. The Bertz CT molecular complexity index is 1060. The molecular weight excluding hydrogens is 378 g/mol. The van der Waals surface area contributed by atoms with Crippen molar-refractivity contribution < 1.29 is 9.90 Å². The van der Waals surface area contributed by atoms with Gasteiger partial charge in [-0.15, -0.1) is 0 Å². The molecule has 2 N–H and O–H groups in total. The molecular formula is C24H29N3O3. The Balaban J connectivity index is 1.77. The zero-order valence-corrected chi connectivity index (χ0v) is 17.2. The van der Waals surface area contributed by atoms with E-state index in [1.807, 2.05) is 40.8 Å². The van der Waals surface area contributed by atoms with Gasteiger partial charge in [0, 0.05) is 25.4 Å². The summed E-state index contributed by atoms with van der Waals surface area (Å²) >= 11 is 0. The second-order valence-corrected chi connectivity index (χ2v) is 8.05. The summed E-state index contributed by atoms with van der Waals surface area (Å²) < 4.78 is 3.32. The predicted molar refractivity (Wildman–Crippen MR) is 118 cm³/mol. The Kier molecular flexibility index (Phi) is 6.33. The molecule has 1 aliphatic carbocycles. The Labute approximate surface area is 176 Å². The molecule has 0 saturated heterocycles. The minimum atomic E-state index is -0.216. The van der Waals surface area contributed by atoms with Crippen molar-refractivity contribution in [1.82, 2.24) is 14.3 Å². The smallest absolute Gasteiger partial charge is 0.275 e.